The Labute approximate surface area is 254 Å². The van der Waals surface area contributed by atoms with Crippen LogP contribution in [0.2, 0.25) is 0 Å². The van der Waals surface area contributed by atoms with Gasteiger partial charge in [0.05, 0.1) is 19.3 Å². The number of nitrogens with one attached hydrogen (secondary N) is 2. The average Bonchev–Trinajstić information content (AvgIpc) is 3.72. The summed E-state index contributed by atoms with van der Waals surface area (Å²) in [5, 5.41) is 0. The largest absolute Gasteiger partial charge is 0.386 e. The lowest BCUT2D eigenvalue weighted by Gasteiger charge is -2.26. The number of alkyl halides is 2. The van der Waals surface area contributed by atoms with Crippen LogP contribution in [0.4, 0.5) is 20.5 Å². The number of anilines is 2. The third-order valence-electron chi connectivity index (χ3n) is 7.28. The maximum atomic E-state index is 15.9. The molecule has 6 N–H and O–H groups in total. The van der Waals surface area contributed by atoms with Gasteiger partial charge in [-0.15, -0.1) is 0 Å². The minimum atomic E-state index is -4.79. The first-order chi connectivity index (χ1) is 21.3. The van der Waals surface area contributed by atoms with Gasteiger partial charge in [-0.3, -0.25) is 28.0 Å². The van der Waals surface area contributed by atoms with Crippen molar-refractivity contribution in [2.75, 3.05) is 24.6 Å². The quantitative estimate of drug-likeness (QED) is 0.128. The Balaban J connectivity index is 1.17. The van der Waals surface area contributed by atoms with E-state index in [0.29, 0.717) is 0 Å². The first-order valence-corrected chi connectivity index (χ1v) is 17.0. The molecule has 0 aliphatic carbocycles. The number of H-pyrrole nitrogens is 1. The zero-order valence-electron chi connectivity index (χ0n) is 22.3. The van der Waals surface area contributed by atoms with E-state index in [-0.39, 0.29) is 34.1 Å². The molecule has 0 spiro atoms. The summed E-state index contributed by atoms with van der Waals surface area (Å²) in [7, 11) is -4.79. The lowest BCUT2D eigenvalue weighted by Crippen LogP contribution is -2.44. The van der Waals surface area contributed by atoms with Gasteiger partial charge in [0.25, 0.3) is 5.56 Å². The number of thiol groups is 1. The molecule has 3 aliphatic heterocycles. The third-order valence-corrected chi connectivity index (χ3v) is 9.89. The van der Waals surface area contributed by atoms with Crippen molar-refractivity contribution in [2.24, 2.45) is 0 Å². The lowest BCUT2D eigenvalue weighted by atomic mass is 10.1. The van der Waals surface area contributed by atoms with Gasteiger partial charge in [-0.2, -0.15) is 18.1 Å². The van der Waals surface area contributed by atoms with Crippen LogP contribution in [-0.4, -0.2) is 97.4 Å². The van der Waals surface area contributed by atoms with E-state index in [4.69, 9.17) is 34.2 Å². The molecule has 0 bridgehead atoms. The number of hydrogen-bond donors (Lipinski definition) is 5. The first-order valence-electron chi connectivity index (χ1n) is 12.9. The normalized spacial score (nSPS) is 35.5. The fraction of sp³-hybridized carbons (Fsp3) is 0.500. The number of hydrogen-bond acceptors (Lipinski definition) is 16. The average molecular weight is 694 g/mol. The molecule has 242 valence electrons. The number of nitrogens with two attached hydrogens (primary N) is 2. The van der Waals surface area contributed by atoms with Crippen LogP contribution in [0.1, 0.15) is 12.5 Å². The Morgan fingerprint density at radius 3 is 2.40 bits per heavy atom. The van der Waals surface area contributed by atoms with Gasteiger partial charge in [-0.1, -0.05) is 12.2 Å². The number of ether oxygens (including phenoxy) is 2. The van der Waals surface area contributed by atoms with Crippen LogP contribution in [0, 0.1) is 0 Å². The van der Waals surface area contributed by atoms with Gasteiger partial charge < -0.3 is 20.9 Å². The monoisotopic (exact) mass is 693 g/mol. The van der Waals surface area contributed by atoms with Gasteiger partial charge in [-0.25, -0.2) is 37.5 Å². The maximum Gasteiger partial charge on any atom is 0.386 e. The van der Waals surface area contributed by atoms with Crippen LogP contribution in [0.15, 0.2) is 23.8 Å². The van der Waals surface area contributed by atoms with Gasteiger partial charge in [0.2, 0.25) is 5.95 Å². The SMILES string of the molecule is Nc1nc2c(ncn2[C@@H]2O[C@@H]3CO[P@@](=O)(S)O[C@H]4[C@@H](F)[C@H](n5cnc6c(N)ncnc65)O[C@@H]4CNS(=O)(=O)O[C@H]3[C@@H]2F)c(=O)[nH]1. The number of nitrogen functional groups attached to an aromatic ring is 2. The van der Waals surface area contributed by atoms with E-state index in [2.05, 4.69) is 46.9 Å². The van der Waals surface area contributed by atoms with E-state index in [1.54, 1.807) is 0 Å². The van der Waals surface area contributed by atoms with Gasteiger partial charge in [-0.05, 0) is 0 Å². The van der Waals surface area contributed by atoms with Crippen molar-refractivity contribution in [3.05, 3.63) is 29.3 Å². The predicted octanol–water partition coefficient (Wildman–Crippen LogP) is -0.732. The molecule has 0 aromatic carbocycles. The molecule has 4 aromatic heterocycles. The lowest BCUT2D eigenvalue weighted by molar-refractivity contribution is -0.0434. The van der Waals surface area contributed by atoms with E-state index in [0.717, 1.165) is 17.2 Å². The summed E-state index contributed by atoms with van der Waals surface area (Å²) in [4.78, 5) is 34.2. The summed E-state index contributed by atoms with van der Waals surface area (Å²) in [5.41, 5.74) is 10.6. The van der Waals surface area contributed by atoms with E-state index in [1.807, 2.05) is 0 Å². The Hall–Kier alpha value is -3.35. The summed E-state index contributed by atoms with van der Waals surface area (Å²) >= 11 is 3.94. The number of aromatic nitrogens is 8. The summed E-state index contributed by atoms with van der Waals surface area (Å²) in [6.45, 7) is -5.94. The number of fused-ring (bicyclic) bond motifs is 4. The smallest absolute Gasteiger partial charge is 0.382 e. The number of imidazole rings is 2. The summed E-state index contributed by atoms with van der Waals surface area (Å²) in [6, 6.07) is 0. The topological polar surface area (TPSA) is 269 Å². The standard InChI is InChI=1S/C20H22F2N11O9PS2/c21-8-12-6(39-18(8)32-4-27-10-14(23)25-3-26-15(10)32)1-29-45(36,37)42-13-7(2-38-43(35,44)41-12)40-19(9(13)22)33-5-28-11-16(33)30-20(24)31-17(11)34/h3-9,12-13,18-19,29H,1-2H2,(H,35,44)(H2,23,25,26)(H3,24,30,31,34)/t6-,7-,8-,9+,12-,13-,18-,19-,43-/m1/s1. The van der Waals surface area contributed by atoms with Crippen molar-refractivity contribution < 1.29 is 44.5 Å². The summed E-state index contributed by atoms with van der Waals surface area (Å²) in [6.07, 6.45) is -10.7. The molecule has 9 atom stereocenters. The van der Waals surface area contributed by atoms with Crippen molar-refractivity contribution in [2.45, 2.75) is 49.2 Å². The van der Waals surface area contributed by atoms with E-state index >= 15 is 8.78 Å². The second-order valence-electron chi connectivity index (χ2n) is 10.1. The fourth-order valence-corrected chi connectivity index (χ4v) is 7.72. The van der Waals surface area contributed by atoms with Crippen molar-refractivity contribution >= 4 is 63.4 Å². The molecule has 45 heavy (non-hydrogen) atoms. The zero-order chi connectivity index (χ0) is 31.8. The molecule has 7 rings (SSSR count). The minimum absolute atomic E-state index is 0.0181. The van der Waals surface area contributed by atoms with Crippen molar-refractivity contribution in [1.29, 1.82) is 0 Å². The Morgan fingerprint density at radius 2 is 1.64 bits per heavy atom. The molecule has 0 amide bonds. The highest BCUT2D eigenvalue weighted by atomic mass is 32.7. The number of rotatable bonds is 2. The van der Waals surface area contributed by atoms with Crippen LogP contribution in [0.3, 0.4) is 0 Å². The fourth-order valence-electron chi connectivity index (χ4n) is 5.28. The van der Waals surface area contributed by atoms with E-state index < -0.39 is 85.0 Å². The maximum absolute atomic E-state index is 15.9. The summed E-state index contributed by atoms with van der Waals surface area (Å²) < 4.78 is 103. The molecule has 3 fully saturated rings. The highest BCUT2D eigenvalue weighted by molar-refractivity contribution is 8.44. The molecule has 0 unspecified atom stereocenters. The minimum Gasteiger partial charge on any atom is -0.382 e. The van der Waals surface area contributed by atoms with E-state index in [9.17, 15) is 17.8 Å². The number of aromatic amines is 1. The third kappa shape index (κ3) is 5.34. The first kappa shape index (κ1) is 30.3. The second-order valence-corrected chi connectivity index (χ2v) is 14.3. The molecular weight excluding hydrogens is 671 g/mol. The summed E-state index contributed by atoms with van der Waals surface area (Å²) in [5.74, 6) is -0.280. The number of nitrogens with zero attached hydrogens (tertiary/aromatic N) is 7. The molecule has 0 radical (unpaired) electrons. The second kappa shape index (κ2) is 10.9. The molecule has 0 saturated carbocycles. The van der Waals surface area contributed by atoms with Gasteiger partial charge >= 0.3 is 17.1 Å². The van der Waals surface area contributed by atoms with Crippen molar-refractivity contribution in [3.8, 4) is 0 Å². The molecule has 3 aliphatic rings. The van der Waals surface area contributed by atoms with E-state index in [1.165, 1.54) is 10.9 Å². The van der Waals surface area contributed by atoms with Gasteiger partial charge in [0, 0.05) is 6.54 Å². The Kier molecular flexibility index (Phi) is 7.33. The van der Waals surface area contributed by atoms with Crippen LogP contribution < -0.4 is 21.7 Å². The highest BCUT2D eigenvalue weighted by Crippen LogP contribution is 2.57. The van der Waals surface area contributed by atoms with Gasteiger partial charge in [0.1, 0.15) is 36.3 Å². The molecule has 3 saturated heterocycles. The van der Waals surface area contributed by atoms with Crippen molar-refractivity contribution in [3.63, 3.8) is 0 Å². The highest BCUT2D eigenvalue weighted by Gasteiger charge is 2.53. The zero-order valence-corrected chi connectivity index (χ0v) is 24.9. The van der Waals surface area contributed by atoms with Crippen LogP contribution in [-0.2, 0) is 37.6 Å². The van der Waals surface area contributed by atoms with Crippen LogP contribution >= 0.6 is 19.0 Å². The molecule has 20 nitrogen and oxygen atoms in total. The molecular formula is C20H22F2N11O9PS2. The van der Waals surface area contributed by atoms with Crippen LogP contribution in [0.25, 0.3) is 22.3 Å². The predicted molar refractivity (Wildman–Crippen MR) is 149 cm³/mol. The Morgan fingerprint density at radius 1 is 0.978 bits per heavy atom. The van der Waals surface area contributed by atoms with Crippen LogP contribution in [0.5, 0.6) is 0 Å². The molecule has 4 aromatic rings. The Bertz CT molecular complexity index is 2010. The number of halogens is 2. The molecule has 7 heterocycles. The van der Waals surface area contributed by atoms with Crippen molar-refractivity contribution in [1.82, 2.24) is 43.8 Å². The van der Waals surface area contributed by atoms with Gasteiger partial charge in [0.15, 0.2) is 47.4 Å². The molecule has 25 heteroatoms.